The monoisotopic (exact) mass is 258 g/mol. The first-order valence-corrected chi connectivity index (χ1v) is 6.32. The molecule has 0 amide bonds. The van der Waals surface area contributed by atoms with Crippen molar-refractivity contribution in [3.05, 3.63) is 53.9 Å². The molecule has 1 unspecified atom stereocenters. The summed E-state index contributed by atoms with van der Waals surface area (Å²) >= 11 is 0. The molecule has 100 valence electrons. The van der Waals surface area contributed by atoms with Crippen LogP contribution in [0.4, 0.5) is 0 Å². The van der Waals surface area contributed by atoms with Gasteiger partial charge in [0.25, 0.3) is 0 Å². The van der Waals surface area contributed by atoms with Gasteiger partial charge in [-0.3, -0.25) is 4.98 Å². The van der Waals surface area contributed by atoms with E-state index in [2.05, 4.69) is 4.98 Å². The van der Waals surface area contributed by atoms with Gasteiger partial charge in [-0.05, 0) is 36.2 Å². The Morgan fingerprint density at radius 1 is 1.26 bits per heavy atom. The minimum Gasteiger partial charge on any atom is -0.456 e. The van der Waals surface area contributed by atoms with Crippen LogP contribution in [0.1, 0.15) is 30.6 Å². The molecule has 4 heteroatoms. The summed E-state index contributed by atoms with van der Waals surface area (Å²) in [4.78, 5) is 4.29. The van der Waals surface area contributed by atoms with E-state index < -0.39 is 0 Å². The lowest BCUT2D eigenvalue weighted by Gasteiger charge is -2.10. The number of hydrogen-bond acceptors (Lipinski definition) is 4. The highest BCUT2D eigenvalue weighted by Gasteiger charge is 2.05. The highest BCUT2D eigenvalue weighted by Crippen LogP contribution is 2.22. The molecule has 1 heterocycles. The van der Waals surface area contributed by atoms with Crippen LogP contribution >= 0.6 is 0 Å². The topological polar surface area (TPSA) is 68.4 Å². The molecule has 0 aliphatic rings. The summed E-state index contributed by atoms with van der Waals surface area (Å²) in [7, 11) is 0. The number of rotatable bonds is 5. The van der Waals surface area contributed by atoms with Gasteiger partial charge in [0.05, 0.1) is 18.5 Å². The van der Waals surface area contributed by atoms with Crippen molar-refractivity contribution in [2.24, 2.45) is 5.73 Å². The van der Waals surface area contributed by atoms with Gasteiger partial charge in [-0.2, -0.15) is 0 Å². The second-order valence-electron chi connectivity index (χ2n) is 4.34. The first-order chi connectivity index (χ1) is 9.22. The fraction of sp³-hybridized carbons (Fsp3) is 0.267. The molecule has 0 spiro atoms. The first kappa shape index (κ1) is 13.5. The van der Waals surface area contributed by atoms with Crippen molar-refractivity contribution >= 4 is 0 Å². The van der Waals surface area contributed by atoms with Gasteiger partial charge in [0, 0.05) is 6.04 Å². The number of aliphatic hydroxyl groups is 1. The number of pyridine rings is 1. The molecule has 0 bridgehead atoms. The Morgan fingerprint density at radius 2 is 2.11 bits per heavy atom. The van der Waals surface area contributed by atoms with E-state index in [9.17, 15) is 0 Å². The molecule has 2 rings (SSSR count). The molecule has 2 aromatic rings. The molecule has 1 aromatic heterocycles. The Labute approximate surface area is 112 Å². The highest BCUT2D eigenvalue weighted by molar-refractivity contribution is 5.33. The van der Waals surface area contributed by atoms with Gasteiger partial charge >= 0.3 is 0 Å². The van der Waals surface area contributed by atoms with Gasteiger partial charge in [-0.25, -0.2) is 0 Å². The van der Waals surface area contributed by atoms with Crippen molar-refractivity contribution in [1.82, 2.24) is 4.98 Å². The fourth-order valence-corrected chi connectivity index (χ4v) is 1.72. The predicted octanol–water partition coefficient (Wildman–Crippen LogP) is 2.78. The molecule has 3 N–H and O–H groups in total. The maximum atomic E-state index is 9.07. The van der Waals surface area contributed by atoms with Crippen LogP contribution in [0, 0.1) is 0 Å². The zero-order chi connectivity index (χ0) is 13.7. The Kier molecular flexibility index (Phi) is 4.49. The number of nitrogens with two attached hydrogens (primary N) is 1. The molecule has 1 atom stereocenters. The Morgan fingerprint density at radius 3 is 2.74 bits per heavy atom. The quantitative estimate of drug-likeness (QED) is 0.865. The van der Waals surface area contributed by atoms with Crippen LogP contribution in [-0.2, 0) is 6.61 Å². The molecule has 0 saturated heterocycles. The SMILES string of the molecule is CCC(N)c1ccc(Oc2cccc(CO)c2)cn1. The van der Waals surface area contributed by atoms with Gasteiger partial charge in [0.2, 0.25) is 0 Å². The summed E-state index contributed by atoms with van der Waals surface area (Å²) in [5, 5.41) is 9.07. The van der Waals surface area contributed by atoms with Crippen LogP contribution in [0.3, 0.4) is 0 Å². The van der Waals surface area contributed by atoms with E-state index in [4.69, 9.17) is 15.6 Å². The maximum absolute atomic E-state index is 9.07. The Hall–Kier alpha value is -1.91. The van der Waals surface area contributed by atoms with E-state index in [1.54, 1.807) is 12.3 Å². The summed E-state index contributed by atoms with van der Waals surface area (Å²) in [5.41, 5.74) is 7.58. The lowest BCUT2D eigenvalue weighted by atomic mass is 10.1. The smallest absolute Gasteiger partial charge is 0.145 e. The van der Waals surface area contributed by atoms with Crippen LogP contribution in [0.5, 0.6) is 11.5 Å². The molecule has 19 heavy (non-hydrogen) atoms. The number of benzene rings is 1. The van der Waals surface area contributed by atoms with Gasteiger partial charge in [-0.1, -0.05) is 19.1 Å². The molecule has 0 radical (unpaired) electrons. The summed E-state index contributed by atoms with van der Waals surface area (Å²) in [6, 6.07) is 11.0. The van der Waals surface area contributed by atoms with E-state index in [1.165, 1.54) is 0 Å². The van der Waals surface area contributed by atoms with Gasteiger partial charge in [0.1, 0.15) is 11.5 Å². The van der Waals surface area contributed by atoms with Crippen molar-refractivity contribution in [2.45, 2.75) is 26.0 Å². The molecule has 0 saturated carbocycles. The maximum Gasteiger partial charge on any atom is 0.145 e. The van der Waals surface area contributed by atoms with Crippen LogP contribution in [0.25, 0.3) is 0 Å². The molecular weight excluding hydrogens is 240 g/mol. The van der Waals surface area contributed by atoms with E-state index >= 15 is 0 Å². The summed E-state index contributed by atoms with van der Waals surface area (Å²) < 4.78 is 5.67. The van der Waals surface area contributed by atoms with Crippen LogP contribution < -0.4 is 10.5 Å². The third-order valence-electron chi connectivity index (χ3n) is 2.90. The summed E-state index contributed by atoms with van der Waals surface area (Å²) in [6.45, 7) is 2.02. The molecule has 1 aromatic carbocycles. The van der Waals surface area contributed by atoms with E-state index in [0.717, 1.165) is 17.7 Å². The first-order valence-electron chi connectivity index (χ1n) is 6.32. The molecule has 0 fully saturated rings. The fourth-order valence-electron chi connectivity index (χ4n) is 1.72. The molecule has 0 aliphatic carbocycles. The van der Waals surface area contributed by atoms with Crippen LogP contribution in [0.15, 0.2) is 42.6 Å². The number of aromatic nitrogens is 1. The third-order valence-corrected chi connectivity index (χ3v) is 2.90. The lowest BCUT2D eigenvalue weighted by Crippen LogP contribution is -2.10. The standard InChI is InChI=1S/C15H18N2O2/c1-2-14(16)15-7-6-13(9-17-15)19-12-5-3-4-11(8-12)10-18/h3-9,14,18H,2,10,16H2,1H3. The van der Waals surface area contributed by atoms with Gasteiger partial charge < -0.3 is 15.6 Å². The van der Waals surface area contributed by atoms with Crippen LogP contribution in [0.2, 0.25) is 0 Å². The minimum atomic E-state index is -0.0354. The Balaban J connectivity index is 2.10. The second-order valence-corrected chi connectivity index (χ2v) is 4.34. The summed E-state index contributed by atoms with van der Waals surface area (Å²) in [5.74, 6) is 1.34. The molecule has 4 nitrogen and oxygen atoms in total. The van der Waals surface area contributed by atoms with Crippen molar-refractivity contribution in [2.75, 3.05) is 0 Å². The second kappa shape index (κ2) is 6.31. The average molecular weight is 258 g/mol. The molecule has 0 aliphatic heterocycles. The van der Waals surface area contributed by atoms with Crippen LogP contribution in [-0.4, -0.2) is 10.1 Å². The zero-order valence-electron chi connectivity index (χ0n) is 10.9. The number of aliphatic hydroxyl groups excluding tert-OH is 1. The van der Waals surface area contributed by atoms with Crippen molar-refractivity contribution in [3.8, 4) is 11.5 Å². The Bertz CT molecular complexity index is 526. The van der Waals surface area contributed by atoms with Crippen molar-refractivity contribution in [3.63, 3.8) is 0 Å². The van der Waals surface area contributed by atoms with Crippen molar-refractivity contribution in [1.29, 1.82) is 0 Å². The number of ether oxygens (including phenoxy) is 1. The predicted molar refractivity (Wildman–Crippen MR) is 73.9 cm³/mol. The highest BCUT2D eigenvalue weighted by atomic mass is 16.5. The third kappa shape index (κ3) is 3.53. The number of nitrogens with zero attached hydrogens (tertiary/aromatic N) is 1. The molecular formula is C15H18N2O2. The lowest BCUT2D eigenvalue weighted by molar-refractivity contribution is 0.281. The van der Waals surface area contributed by atoms with Gasteiger partial charge in [0.15, 0.2) is 0 Å². The number of hydrogen-bond donors (Lipinski definition) is 2. The van der Waals surface area contributed by atoms with Gasteiger partial charge in [-0.15, -0.1) is 0 Å². The summed E-state index contributed by atoms with van der Waals surface area (Å²) in [6.07, 6.45) is 2.52. The van der Waals surface area contributed by atoms with E-state index in [1.807, 2.05) is 37.3 Å². The normalized spacial score (nSPS) is 12.2. The minimum absolute atomic E-state index is 0.000257. The zero-order valence-corrected chi connectivity index (χ0v) is 10.9. The van der Waals surface area contributed by atoms with Crippen molar-refractivity contribution < 1.29 is 9.84 Å². The van der Waals surface area contributed by atoms with E-state index in [0.29, 0.717) is 11.5 Å². The largest absolute Gasteiger partial charge is 0.456 e. The van der Waals surface area contributed by atoms with E-state index in [-0.39, 0.29) is 12.6 Å². The average Bonchev–Trinajstić information content (AvgIpc) is 2.47.